The molecule has 0 aromatic rings. The Morgan fingerprint density at radius 3 is 2.76 bits per heavy atom. The predicted molar refractivity (Wildman–Crippen MR) is 69.1 cm³/mol. The maximum absolute atomic E-state index is 5.64. The molecule has 1 N–H and O–H groups in total. The molecule has 0 radical (unpaired) electrons. The largest absolute Gasteiger partial charge is 0.378 e. The van der Waals surface area contributed by atoms with Gasteiger partial charge in [-0.3, -0.25) is 4.90 Å². The number of hydrogen-bond acceptors (Lipinski definition) is 3. The van der Waals surface area contributed by atoms with Gasteiger partial charge in [0.25, 0.3) is 0 Å². The highest BCUT2D eigenvalue weighted by atomic mass is 16.5. The molecule has 17 heavy (non-hydrogen) atoms. The monoisotopic (exact) mass is 238 g/mol. The van der Waals surface area contributed by atoms with Crippen LogP contribution < -0.4 is 5.32 Å². The topological polar surface area (TPSA) is 24.5 Å². The van der Waals surface area contributed by atoms with Gasteiger partial charge >= 0.3 is 0 Å². The predicted octanol–water partition coefficient (Wildman–Crippen LogP) is 1.63. The van der Waals surface area contributed by atoms with Gasteiger partial charge in [-0.25, -0.2) is 0 Å². The van der Waals surface area contributed by atoms with Gasteiger partial charge in [-0.15, -0.1) is 0 Å². The summed E-state index contributed by atoms with van der Waals surface area (Å²) in [5.74, 6) is 0.904. The fraction of sp³-hybridized carbons (Fsp3) is 1.00. The van der Waals surface area contributed by atoms with E-state index >= 15 is 0 Å². The van der Waals surface area contributed by atoms with Gasteiger partial charge in [0.2, 0.25) is 0 Å². The third-order valence-electron chi connectivity index (χ3n) is 4.58. The van der Waals surface area contributed by atoms with E-state index in [0.29, 0.717) is 6.10 Å². The van der Waals surface area contributed by atoms with Gasteiger partial charge in [0.15, 0.2) is 0 Å². The Morgan fingerprint density at radius 2 is 2.06 bits per heavy atom. The van der Waals surface area contributed by atoms with Crippen molar-refractivity contribution in [3.05, 3.63) is 0 Å². The van der Waals surface area contributed by atoms with Crippen LogP contribution >= 0.6 is 0 Å². The molecule has 0 amide bonds. The van der Waals surface area contributed by atoms with E-state index in [1.807, 2.05) is 0 Å². The number of nitrogens with zero attached hydrogens (tertiary/aromatic N) is 1. The summed E-state index contributed by atoms with van der Waals surface area (Å²) in [7, 11) is 0. The third-order valence-corrected chi connectivity index (χ3v) is 4.58. The van der Waals surface area contributed by atoms with E-state index in [9.17, 15) is 0 Å². The first-order chi connectivity index (χ1) is 8.35. The molecule has 3 heteroatoms. The van der Waals surface area contributed by atoms with Gasteiger partial charge < -0.3 is 10.1 Å². The Balaban J connectivity index is 1.33. The number of rotatable bonds is 6. The highest BCUT2D eigenvalue weighted by Crippen LogP contribution is 2.32. The fourth-order valence-electron chi connectivity index (χ4n) is 3.19. The molecule has 2 aliphatic carbocycles. The minimum atomic E-state index is 0.564. The SMILES string of the molecule is CCOC1CC(N2CCC(CNC3CC3)C2)C1. The first-order valence-electron chi connectivity index (χ1n) is 7.44. The van der Waals surface area contributed by atoms with Crippen LogP contribution in [0.15, 0.2) is 0 Å². The summed E-state index contributed by atoms with van der Waals surface area (Å²) in [5, 5.41) is 3.67. The van der Waals surface area contributed by atoms with E-state index in [0.717, 1.165) is 24.6 Å². The number of nitrogens with one attached hydrogen (secondary N) is 1. The normalized spacial score (nSPS) is 38.3. The lowest BCUT2D eigenvalue weighted by Crippen LogP contribution is -2.47. The first-order valence-corrected chi connectivity index (χ1v) is 7.44. The number of likely N-dealkylation sites (tertiary alicyclic amines) is 1. The van der Waals surface area contributed by atoms with Gasteiger partial charge in [-0.1, -0.05) is 0 Å². The molecule has 1 saturated heterocycles. The van der Waals surface area contributed by atoms with Gasteiger partial charge in [0, 0.05) is 25.2 Å². The van der Waals surface area contributed by atoms with Crippen LogP contribution in [-0.2, 0) is 4.74 Å². The van der Waals surface area contributed by atoms with Gasteiger partial charge in [-0.05, 0) is 58.0 Å². The molecule has 3 aliphatic rings. The van der Waals surface area contributed by atoms with Crippen molar-refractivity contribution in [2.24, 2.45) is 5.92 Å². The van der Waals surface area contributed by atoms with Crippen molar-refractivity contribution in [1.82, 2.24) is 10.2 Å². The van der Waals surface area contributed by atoms with E-state index in [-0.39, 0.29) is 0 Å². The van der Waals surface area contributed by atoms with Crippen LogP contribution in [0.1, 0.15) is 39.0 Å². The second-order valence-electron chi connectivity index (χ2n) is 6.03. The molecule has 0 aromatic carbocycles. The van der Waals surface area contributed by atoms with Crippen LogP contribution in [0.25, 0.3) is 0 Å². The summed E-state index contributed by atoms with van der Waals surface area (Å²) >= 11 is 0. The maximum Gasteiger partial charge on any atom is 0.0604 e. The lowest BCUT2D eigenvalue weighted by Gasteiger charge is -2.41. The van der Waals surface area contributed by atoms with Crippen LogP contribution in [-0.4, -0.2) is 49.3 Å². The summed E-state index contributed by atoms with van der Waals surface area (Å²) in [6.45, 7) is 6.88. The highest BCUT2D eigenvalue weighted by Gasteiger charge is 2.37. The minimum absolute atomic E-state index is 0.564. The van der Waals surface area contributed by atoms with Crippen molar-refractivity contribution >= 4 is 0 Å². The Bertz CT molecular complexity index is 249. The average Bonchev–Trinajstić information content (AvgIpc) is 2.99. The molecule has 3 fully saturated rings. The van der Waals surface area contributed by atoms with Crippen molar-refractivity contribution in [3.63, 3.8) is 0 Å². The van der Waals surface area contributed by atoms with Crippen molar-refractivity contribution in [3.8, 4) is 0 Å². The lowest BCUT2D eigenvalue weighted by molar-refractivity contribution is -0.0415. The molecule has 1 aliphatic heterocycles. The zero-order valence-electron chi connectivity index (χ0n) is 11.0. The van der Waals surface area contributed by atoms with Gasteiger partial charge in [0.1, 0.15) is 0 Å². The van der Waals surface area contributed by atoms with Crippen molar-refractivity contribution in [1.29, 1.82) is 0 Å². The molecule has 98 valence electrons. The van der Waals surface area contributed by atoms with Gasteiger partial charge in [-0.2, -0.15) is 0 Å². The standard InChI is InChI=1S/C14H26N2O/c1-2-17-14-7-13(8-14)16-6-5-11(10-16)9-15-12-3-4-12/h11-15H,2-10H2,1H3. The maximum atomic E-state index is 5.64. The Hall–Kier alpha value is -0.120. The molecule has 3 rings (SSSR count). The highest BCUT2D eigenvalue weighted by molar-refractivity contribution is 4.92. The quantitative estimate of drug-likeness (QED) is 0.761. The first kappa shape index (κ1) is 11.9. The van der Waals surface area contributed by atoms with Crippen molar-refractivity contribution in [2.75, 3.05) is 26.2 Å². The van der Waals surface area contributed by atoms with Gasteiger partial charge in [0.05, 0.1) is 6.10 Å². The van der Waals surface area contributed by atoms with Crippen molar-refractivity contribution in [2.45, 2.75) is 57.2 Å². The van der Waals surface area contributed by atoms with Crippen LogP contribution in [0.2, 0.25) is 0 Å². The molecule has 0 aromatic heterocycles. The van der Waals surface area contributed by atoms with E-state index in [4.69, 9.17) is 4.74 Å². The summed E-state index contributed by atoms with van der Waals surface area (Å²) in [4.78, 5) is 2.70. The molecule has 1 heterocycles. The molecule has 3 nitrogen and oxygen atoms in total. The lowest BCUT2D eigenvalue weighted by atomic mass is 9.88. The number of ether oxygens (including phenoxy) is 1. The van der Waals surface area contributed by atoms with E-state index < -0.39 is 0 Å². The van der Waals surface area contributed by atoms with Crippen LogP contribution in [0.3, 0.4) is 0 Å². The molecule has 1 atom stereocenters. The molecule has 0 spiro atoms. The average molecular weight is 238 g/mol. The molecular weight excluding hydrogens is 212 g/mol. The zero-order valence-corrected chi connectivity index (χ0v) is 11.0. The molecule has 1 unspecified atom stereocenters. The Kier molecular flexibility index (Phi) is 3.69. The number of hydrogen-bond donors (Lipinski definition) is 1. The second kappa shape index (κ2) is 5.25. The summed E-state index contributed by atoms with van der Waals surface area (Å²) < 4.78 is 5.64. The summed E-state index contributed by atoms with van der Waals surface area (Å²) in [6.07, 6.45) is 7.33. The van der Waals surface area contributed by atoms with E-state index in [2.05, 4.69) is 17.1 Å². The molecule has 0 bridgehead atoms. The smallest absolute Gasteiger partial charge is 0.0604 e. The van der Waals surface area contributed by atoms with Crippen LogP contribution in [0.4, 0.5) is 0 Å². The summed E-state index contributed by atoms with van der Waals surface area (Å²) in [5.41, 5.74) is 0. The fourth-order valence-corrected chi connectivity index (χ4v) is 3.19. The van der Waals surface area contributed by atoms with E-state index in [1.165, 1.54) is 51.7 Å². The summed E-state index contributed by atoms with van der Waals surface area (Å²) in [6, 6.07) is 1.70. The van der Waals surface area contributed by atoms with E-state index in [1.54, 1.807) is 0 Å². The second-order valence-corrected chi connectivity index (χ2v) is 6.03. The van der Waals surface area contributed by atoms with Crippen molar-refractivity contribution < 1.29 is 4.74 Å². The molecule has 2 saturated carbocycles. The molecular formula is C14H26N2O. The van der Waals surface area contributed by atoms with Crippen LogP contribution in [0.5, 0.6) is 0 Å². The Labute approximate surface area is 105 Å². The van der Waals surface area contributed by atoms with Crippen LogP contribution in [0, 0.1) is 5.92 Å². The third kappa shape index (κ3) is 3.01. The zero-order chi connectivity index (χ0) is 11.7. The minimum Gasteiger partial charge on any atom is -0.378 e. The Morgan fingerprint density at radius 1 is 1.24 bits per heavy atom.